The summed E-state index contributed by atoms with van der Waals surface area (Å²) >= 11 is 14.4. The fraction of sp³-hybridized carbons (Fsp3) is 0.333. The average molecular weight is 257 g/mol. The largest absolute Gasteiger partial charge is 0.478 e. The number of nitrogens with two attached hydrogens (primary N) is 2. The van der Waals surface area contributed by atoms with Crippen LogP contribution in [0.4, 0.5) is 4.79 Å². The van der Waals surface area contributed by atoms with Crippen LogP contribution in [0.5, 0.6) is 0 Å². The maximum absolute atomic E-state index is 9.62. The third kappa shape index (κ3) is 34.2. The number of urea groups is 1. The second-order valence-corrected chi connectivity index (χ2v) is 3.49. The van der Waals surface area contributed by atoms with Crippen molar-refractivity contribution in [3.8, 4) is 0 Å². The predicted octanol–water partition coefficient (Wildman–Crippen LogP) is 0.482. The summed E-state index contributed by atoms with van der Waals surface area (Å²) in [4.78, 5) is 18.6. The van der Waals surface area contributed by atoms with E-state index >= 15 is 0 Å². The molecule has 7 N–H and O–H groups in total. The molecule has 0 saturated carbocycles. The molecule has 0 spiro atoms. The molecule has 0 fully saturated rings. The van der Waals surface area contributed by atoms with E-state index in [1.807, 2.05) is 0 Å². The zero-order valence-electron chi connectivity index (χ0n) is 5.95. The first-order chi connectivity index (χ1) is 5.68. The zero-order valence-corrected chi connectivity index (χ0v) is 8.21. The quantitative estimate of drug-likeness (QED) is 0.243. The van der Waals surface area contributed by atoms with Gasteiger partial charge in [0.25, 0.3) is 3.79 Å². The lowest BCUT2D eigenvalue weighted by atomic mass is 10.8. The molecule has 0 unspecified atom stereocenters. The average Bonchev–Trinajstić information content (AvgIpc) is 1.88. The van der Waals surface area contributed by atoms with E-state index in [4.69, 9.17) is 55.2 Å². The highest BCUT2D eigenvalue weighted by atomic mass is 35.6. The number of hydrogen-bond donors (Lipinski definition) is 5. The molecule has 10 heteroatoms. The monoisotopic (exact) mass is 256 g/mol. The number of alkyl halides is 3. The van der Waals surface area contributed by atoms with Crippen molar-refractivity contribution in [1.29, 1.82) is 0 Å². The van der Waals surface area contributed by atoms with Crippen molar-refractivity contribution in [1.82, 2.24) is 0 Å². The van der Waals surface area contributed by atoms with Gasteiger partial charge in [-0.2, -0.15) is 0 Å². The van der Waals surface area contributed by atoms with Crippen molar-refractivity contribution in [2.75, 3.05) is 0 Å². The Morgan fingerprint density at radius 2 is 1.15 bits per heavy atom. The van der Waals surface area contributed by atoms with Crippen LogP contribution >= 0.6 is 34.8 Å². The molecule has 80 valence electrons. The summed E-state index contributed by atoms with van der Waals surface area (Å²) in [5.74, 6) is -1.46. The van der Waals surface area contributed by atoms with Gasteiger partial charge >= 0.3 is 12.0 Å². The van der Waals surface area contributed by atoms with E-state index in [1.54, 1.807) is 0 Å². The second kappa shape index (κ2) is 9.62. The van der Waals surface area contributed by atoms with Crippen LogP contribution in [0.2, 0.25) is 0 Å². The lowest BCUT2D eigenvalue weighted by Crippen LogP contribution is -2.18. The third-order valence-corrected chi connectivity index (χ3v) is 0.728. The second-order valence-electron chi connectivity index (χ2n) is 1.21. The molecular weight excluding hydrogens is 250 g/mol. The van der Waals surface area contributed by atoms with Crippen LogP contribution in [0.3, 0.4) is 0 Å². The summed E-state index contributed by atoms with van der Waals surface area (Å²) in [6, 6.07) is -0.833. The lowest BCUT2D eigenvalue weighted by molar-refractivity contribution is -0.176. The standard InChI is InChI=1S/C2HCl3O2.CH4N2O.H2O2/c3-2(4,5)1(6)7;2-1(3)4;1-2/h(H,6,7);(H4,2,3,4);1-2H. The third-order valence-electron chi connectivity index (χ3n) is 0.243. The Hall–Kier alpha value is -0.470. The topological polar surface area (TPSA) is 147 Å². The van der Waals surface area contributed by atoms with Crippen molar-refractivity contribution < 1.29 is 25.2 Å². The number of rotatable bonds is 0. The maximum atomic E-state index is 9.62. The molecular formula is C3H7Cl3N2O5. The Balaban J connectivity index is -0.000000142. The van der Waals surface area contributed by atoms with Gasteiger partial charge in [0.05, 0.1) is 0 Å². The number of aliphatic carboxylic acids is 1. The summed E-state index contributed by atoms with van der Waals surface area (Å²) in [5.41, 5.74) is 8.50. The van der Waals surface area contributed by atoms with Crippen molar-refractivity contribution in [3.05, 3.63) is 0 Å². The molecule has 0 aromatic carbocycles. The summed E-state index contributed by atoms with van der Waals surface area (Å²) in [7, 11) is 0. The van der Waals surface area contributed by atoms with Crippen LogP contribution in [0.25, 0.3) is 0 Å². The molecule has 0 radical (unpaired) electrons. The van der Waals surface area contributed by atoms with Crippen LogP contribution in [0, 0.1) is 0 Å². The number of carboxylic acids is 1. The van der Waals surface area contributed by atoms with Gasteiger partial charge in [0.2, 0.25) is 0 Å². The first-order valence-corrected chi connectivity index (χ1v) is 3.36. The lowest BCUT2D eigenvalue weighted by Gasteiger charge is -1.99. The first kappa shape index (κ1) is 18.3. The summed E-state index contributed by atoms with van der Waals surface area (Å²) in [5, 5.41) is 19.9. The molecule has 0 aromatic rings. The Morgan fingerprint density at radius 3 is 1.15 bits per heavy atom. The highest BCUT2D eigenvalue weighted by Crippen LogP contribution is 2.25. The smallest absolute Gasteiger partial charge is 0.356 e. The summed E-state index contributed by atoms with van der Waals surface area (Å²) in [6.45, 7) is 0. The Bertz CT molecular complexity index is 154. The summed E-state index contributed by atoms with van der Waals surface area (Å²) in [6.07, 6.45) is 0. The van der Waals surface area contributed by atoms with Crippen LogP contribution in [0.1, 0.15) is 0 Å². The molecule has 0 aliphatic rings. The molecule has 0 atom stereocenters. The number of carbonyl (C=O) groups excluding carboxylic acids is 1. The van der Waals surface area contributed by atoms with Gasteiger partial charge in [-0.25, -0.2) is 9.59 Å². The van der Waals surface area contributed by atoms with E-state index in [1.165, 1.54) is 0 Å². The van der Waals surface area contributed by atoms with E-state index in [0.29, 0.717) is 0 Å². The van der Waals surface area contributed by atoms with Crippen LogP contribution in [-0.4, -0.2) is 31.4 Å². The van der Waals surface area contributed by atoms with Gasteiger partial charge in [-0.3, -0.25) is 10.5 Å². The number of hydrogen-bond acceptors (Lipinski definition) is 4. The predicted molar refractivity (Wildman–Crippen MR) is 47.0 cm³/mol. The van der Waals surface area contributed by atoms with E-state index in [2.05, 4.69) is 11.5 Å². The maximum Gasteiger partial charge on any atom is 0.356 e. The van der Waals surface area contributed by atoms with Crippen LogP contribution < -0.4 is 11.5 Å². The molecule has 2 amide bonds. The Kier molecular flexibility index (Phi) is 13.6. The number of halogens is 3. The molecule has 0 bridgehead atoms. The molecule has 0 aliphatic heterocycles. The Labute approximate surface area is 87.7 Å². The summed E-state index contributed by atoms with van der Waals surface area (Å²) < 4.78 is -2.17. The Morgan fingerprint density at radius 1 is 1.08 bits per heavy atom. The fourth-order valence-electron chi connectivity index (χ4n) is 0. The number of carbonyl (C=O) groups is 2. The van der Waals surface area contributed by atoms with Gasteiger partial charge in [0.1, 0.15) is 0 Å². The zero-order chi connectivity index (χ0) is 11.7. The molecule has 0 saturated heterocycles. The fourth-order valence-corrected chi connectivity index (χ4v) is 0. The molecule has 0 heterocycles. The minimum atomic E-state index is -2.17. The van der Waals surface area contributed by atoms with E-state index in [9.17, 15) is 4.79 Å². The molecule has 13 heavy (non-hydrogen) atoms. The van der Waals surface area contributed by atoms with Gasteiger partial charge in [0.15, 0.2) is 0 Å². The number of carboxylic acid groups (broad SMARTS) is 1. The van der Waals surface area contributed by atoms with Gasteiger partial charge in [0, 0.05) is 0 Å². The van der Waals surface area contributed by atoms with Gasteiger partial charge in [-0.05, 0) is 0 Å². The minimum Gasteiger partial charge on any atom is -0.478 e. The molecule has 0 aromatic heterocycles. The van der Waals surface area contributed by atoms with Gasteiger partial charge in [-0.15, -0.1) is 0 Å². The van der Waals surface area contributed by atoms with Crippen molar-refractivity contribution >= 4 is 46.8 Å². The van der Waals surface area contributed by atoms with E-state index in [0.717, 1.165) is 0 Å². The highest BCUT2D eigenvalue weighted by Gasteiger charge is 2.29. The molecule has 7 nitrogen and oxygen atoms in total. The molecule has 0 aliphatic carbocycles. The highest BCUT2D eigenvalue weighted by molar-refractivity contribution is 6.75. The SMILES string of the molecule is NC(N)=O.O=C(O)C(Cl)(Cl)Cl.OO. The number of primary amides is 2. The van der Waals surface area contributed by atoms with Crippen molar-refractivity contribution in [2.24, 2.45) is 11.5 Å². The van der Waals surface area contributed by atoms with Gasteiger partial charge < -0.3 is 16.6 Å². The number of amides is 2. The first-order valence-electron chi connectivity index (χ1n) is 2.23. The van der Waals surface area contributed by atoms with Crippen LogP contribution in [0.15, 0.2) is 0 Å². The normalized spacial score (nSPS) is 8.38. The minimum absolute atomic E-state index is 0.833. The molecule has 0 rings (SSSR count). The van der Waals surface area contributed by atoms with E-state index in [-0.39, 0.29) is 0 Å². The van der Waals surface area contributed by atoms with E-state index < -0.39 is 15.8 Å². The van der Waals surface area contributed by atoms with Crippen molar-refractivity contribution in [2.45, 2.75) is 3.79 Å². The van der Waals surface area contributed by atoms with Gasteiger partial charge in [-0.1, -0.05) is 34.8 Å². The van der Waals surface area contributed by atoms with Crippen molar-refractivity contribution in [3.63, 3.8) is 0 Å². The van der Waals surface area contributed by atoms with Crippen LogP contribution in [-0.2, 0) is 4.79 Å².